The van der Waals surface area contributed by atoms with Gasteiger partial charge in [-0.15, -0.1) is 0 Å². The maximum atomic E-state index is 4.72. The first kappa shape index (κ1) is 14.3. The van der Waals surface area contributed by atoms with E-state index in [-0.39, 0.29) is 0 Å². The van der Waals surface area contributed by atoms with Gasteiger partial charge in [-0.3, -0.25) is 4.90 Å². The van der Waals surface area contributed by atoms with Crippen LogP contribution in [0.25, 0.3) is 0 Å². The van der Waals surface area contributed by atoms with Gasteiger partial charge in [-0.25, -0.2) is 9.97 Å². The fourth-order valence-corrected chi connectivity index (χ4v) is 2.46. The molecule has 2 rings (SSSR count). The van der Waals surface area contributed by atoms with Crippen LogP contribution in [0.4, 0.5) is 5.82 Å². The smallest absolute Gasteiger partial charge is 0.133 e. The Morgan fingerprint density at radius 2 is 1.63 bits per heavy atom. The molecule has 4 nitrogen and oxygen atoms in total. The Morgan fingerprint density at radius 3 is 2.16 bits per heavy atom. The highest BCUT2D eigenvalue weighted by Crippen LogP contribution is 2.19. The minimum atomic E-state index is 0.385. The molecule has 1 aromatic rings. The Bertz CT molecular complexity index is 420. The van der Waals surface area contributed by atoms with Gasteiger partial charge in [0.15, 0.2) is 0 Å². The summed E-state index contributed by atoms with van der Waals surface area (Å²) in [5.74, 6) is 2.44. The summed E-state index contributed by atoms with van der Waals surface area (Å²) in [7, 11) is 0. The molecule has 1 aliphatic heterocycles. The lowest BCUT2D eigenvalue weighted by atomic mass is 10.2. The lowest BCUT2D eigenvalue weighted by Crippen LogP contribution is -2.49. The highest BCUT2D eigenvalue weighted by molar-refractivity contribution is 5.40. The monoisotopic (exact) mass is 262 g/mol. The Balaban J connectivity index is 2.11. The molecule has 0 N–H and O–H groups in total. The third-order valence-electron chi connectivity index (χ3n) is 3.74. The van der Waals surface area contributed by atoms with E-state index in [0.717, 1.165) is 43.5 Å². The molecule has 0 unspecified atom stereocenters. The van der Waals surface area contributed by atoms with Crippen LogP contribution in [0.3, 0.4) is 0 Å². The second-order valence-corrected chi connectivity index (χ2v) is 6.00. The maximum Gasteiger partial charge on any atom is 0.133 e. The maximum absolute atomic E-state index is 4.72. The number of aromatic nitrogens is 2. The topological polar surface area (TPSA) is 32.3 Å². The molecule has 1 aliphatic rings. The van der Waals surface area contributed by atoms with E-state index in [2.05, 4.69) is 55.5 Å². The van der Waals surface area contributed by atoms with Crippen molar-refractivity contribution < 1.29 is 0 Å². The molecule has 1 fully saturated rings. The quantitative estimate of drug-likeness (QED) is 0.837. The van der Waals surface area contributed by atoms with Crippen molar-refractivity contribution >= 4 is 5.82 Å². The SMILES string of the molecule is Cc1cc(N2CCN(C(C)C)CC2)nc(C(C)C)n1. The molecule has 106 valence electrons. The molecule has 2 heterocycles. The zero-order valence-electron chi connectivity index (χ0n) is 12.8. The first-order chi connectivity index (χ1) is 8.97. The molecule has 0 spiro atoms. The summed E-state index contributed by atoms with van der Waals surface area (Å²) < 4.78 is 0. The van der Waals surface area contributed by atoms with Crippen LogP contribution >= 0.6 is 0 Å². The van der Waals surface area contributed by atoms with E-state index in [0.29, 0.717) is 12.0 Å². The first-order valence-corrected chi connectivity index (χ1v) is 7.32. The highest BCUT2D eigenvalue weighted by Gasteiger charge is 2.20. The van der Waals surface area contributed by atoms with Crippen LogP contribution in [0, 0.1) is 6.92 Å². The van der Waals surface area contributed by atoms with Gasteiger partial charge < -0.3 is 4.90 Å². The minimum absolute atomic E-state index is 0.385. The minimum Gasteiger partial charge on any atom is -0.354 e. The third-order valence-corrected chi connectivity index (χ3v) is 3.74. The van der Waals surface area contributed by atoms with Gasteiger partial charge in [0.1, 0.15) is 11.6 Å². The van der Waals surface area contributed by atoms with Crippen molar-refractivity contribution in [3.05, 3.63) is 17.6 Å². The fraction of sp³-hybridized carbons (Fsp3) is 0.733. The van der Waals surface area contributed by atoms with Crippen LogP contribution in [0.1, 0.15) is 45.1 Å². The average Bonchev–Trinajstić information content (AvgIpc) is 2.38. The van der Waals surface area contributed by atoms with Crippen molar-refractivity contribution in [3.8, 4) is 0 Å². The molecule has 0 atom stereocenters. The Kier molecular flexibility index (Phi) is 4.40. The van der Waals surface area contributed by atoms with Gasteiger partial charge in [-0.05, 0) is 20.8 Å². The fourth-order valence-electron chi connectivity index (χ4n) is 2.46. The van der Waals surface area contributed by atoms with Crippen molar-refractivity contribution in [2.45, 2.75) is 46.6 Å². The predicted octanol–water partition coefficient (Wildman–Crippen LogP) is 2.44. The van der Waals surface area contributed by atoms with Gasteiger partial charge in [-0.2, -0.15) is 0 Å². The van der Waals surface area contributed by atoms with E-state index in [4.69, 9.17) is 4.98 Å². The first-order valence-electron chi connectivity index (χ1n) is 7.32. The number of piperazine rings is 1. The standard InChI is InChI=1S/C15H26N4/c1-11(2)15-16-13(5)10-14(17-15)19-8-6-18(7-9-19)12(3)4/h10-12H,6-9H2,1-5H3. The van der Waals surface area contributed by atoms with E-state index >= 15 is 0 Å². The van der Waals surface area contributed by atoms with E-state index < -0.39 is 0 Å². The number of hydrogen-bond acceptors (Lipinski definition) is 4. The molecule has 0 saturated carbocycles. The molecule has 4 heteroatoms. The van der Waals surface area contributed by atoms with Crippen LogP contribution < -0.4 is 4.90 Å². The van der Waals surface area contributed by atoms with Crippen LogP contribution in [0.15, 0.2) is 6.07 Å². The molecule has 1 aromatic heterocycles. The molecule has 19 heavy (non-hydrogen) atoms. The summed E-state index contributed by atoms with van der Waals surface area (Å²) in [4.78, 5) is 14.2. The zero-order valence-corrected chi connectivity index (χ0v) is 12.8. The lowest BCUT2D eigenvalue weighted by Gasteiger charge is -2.37. The molecule has 0 radical (unpaired) electrons. The Labute approximate surface area is 116 Å². The molecule has 1 saturated heterocycles. The van der Waals surface area contributed by atoms with Crippen LogP contribution in [-0.4, -0.2) is 47.1 Å². The average molecular weight is 262 g/mol. The van der Waals surface area contributed by atoms with Crippen LogP contribution in [0.2, 0.25) is 0 Å². The predicted molar refractivity (Wildman–Crippen MR) is 79.8 cm³/mol. The molecule has 0 bridgehead atoms. The number of nitrogens with zero attached hydrogens (tertiary/aromatic N) is 4. The summed E-state index contributed by atoms with van der Waals surface area (Å²) >= 11 is 0. The Morgan fingerprint density at radius 1 is 1.00 bits per heavy atom. The van der Waals surface area contributed by atoms with Crippen molar-refractivity contribution in [2.24, 2.45) is 0 Å². The van der Waals surface area contributed by atoms with Crippen LogP contribution in [-0.2, 0) is 0 Å². The number of anilines is 1. The zero-order chi connectivity index (χ0) is 14.0. The van der Waals surface area contributed by atoms with Crippen molar-refractivity contribution in [1.82, 2.24) is 14.9 Å². The van der Waals surface area contributed by atoms with E-state index in [1.807, 2.05) is 0 Å². The van der Waals surface area contributed by atoms with Crippen LogP contribution in [0.5, 0.6) is 0 Å². The molecular weight excluding hydrogens is 236 g/mol. The van der Waals surface area contributed by atoms with Crippen molar-refractivity contribution in [2.75, 3.05) is 31.1 Å². The highest BCUT2D eigenvalue weighted by atomic mass is 15.3. The van der Waals surface area contributed by atoms with Gasteiger partial charge in [0.25, 0.3) is 0 Å². The van der Waals surface area contributed by atoms with Crippen molar-refractivity contribution in [3.63, 3.8) is 0 Å². The van der Waals surface area contributed by atoms with Crippen molar-refractivity contribution in [1.29, 1.82) is 0 Å². The van der Waals surface area contributed by atoms with E-state index in [1.165, 1.54) is 0 Å². The van der Waals surface area contributed by atoms with Gasteiger partial charge in [-0.1, -0.05) is 13.8 Å². The third kappa shape index (κ3) is 3.44. The normalized spacial score (nSPS) is 17.5. The summed E-state index contributed by atoms with van der Waals surface area (Å²) in [5.41, 5.74) is 1.07. The van der Waals surface area contributed by atoms with Gasteiger partial charge >= 0.3 is 0 Å². The second-order valence-electron chi connectivity index (χ2n) is 6.00. The molecule has 0 amide bonds. The summed E-state index contributed by atoms with van der Waals surface area (Å²) in [6.45, 7) is 15.3. The lowest BCUT2D eigenvalue weighted by molar-refractivity contribution is 0.209. The second kappa shape index (κ2) is 5.87. The number of aryl methyl sites for hydroxylation is 1. The van der Waals surface area contributed by atoms with Gasteiger partial charge in [0, 0.05) is 49.9 Å². The summed E-state index contributed by atoms with van der Waals surface area (Å²) in [5, 5.41) is 0. The largest absolute Gasteiger partial charge is 0.354 e. The van der Waals surface area contributed by atoms with Gasteiger partial charge in [0.05, 0.1) is 0 Å². The molecule has 0 aromatic carbocycles. The summed E-state index contributed by atoms with van der Waals surface area (Å²) in [6, 6.07) is 2.75. The molecule has 0 aliphatic carbocycles. The molecular formula is C15H26N4. The number of rotatable bonds is 3. The van der Waals surface area contributed by atoms with Gasteiger partial charge in [0.2, 0.25) is 0 Å². The Hall–Kier alpha value is -1.16. The van der Waals surface area contributed by atoms with E-state index in [1.54, 1.807) is 0 Å². The summed E-state index contributed by atoms with van der Waals surface area (Å²) in [6.07, 6.45) is 0. The van der Waals surface area contributed by atoms with E-state index in [9.17, 15) is 0 Å². The number of hydrogen-bond donors (Lipinski definition) is 0.